The molecule has 1 amide bonds. The molecule has 0 bridgehead atoms. The lowest BCUT2D eigenvalue weighted by atomic mass is 10.1. The number of hydrogen-bond acceptors (Lipinski definition) is 5. The highest BCUT2D eigenvalue weighted by atomic mass is 32.2. The summed E-state index contributed by atoms with van der Waals surface area (Å²) in [6.07, 6.45) is 1.15. The van der Waals surface area contributed by atoms with Crippen LogP contribution in [0.25, 0.3) is 10.2 Å². The molecule has 1 aliphatic rings. The number of hydrogen-bond donors (Lipinski definition) is 1. The lowest BCUT2D eigenvalue weighted by Gasteiger charge is -2.23. The molecule has 4 rings (SSSR count). The van der Waals surface area contributed by atoms with Crippen molar-refractivity contribution >= 4 is 42.6 Å². The molecule has 1 fully saturated rings. The monoisotopic (exact) mass is 429 g/mol. The fraction of sp³-hybridized carbons (Fsp3) is 0.333. The van der Waals surface area contributed by atoms with E-state index in [2.05, 4.69) is 10.3 Å². The van der Waals surface area contributed by atoms with E-state index in [0.717, 1.165) is 26.9 Å². The topological polar surface area (TPSA) is 79.4 Å². The summed E-state index contributed by atoms with van der Waals surface area (Å²) in [5, 5.41) is 3.34. The van der Waals surface area contributed by atoms with E-state index in [-0.39, 0.29) is 10.8 Å². The first kappa shape index (κ1) is 20.0. The van der Waals surface area contributed by atoms with Crippen molar-refractivity contribution in [2.75, 3.05) is 11.9 Å². The second-order valence-electron chi connectivity index (χ2n) is 7.45. The lowest BCUT2D eigenvalue weighted by molar-refractivity contribution is -0.119. The van der Waals surface area contributed by atoms with Crippen LogP contribution in [0.1, 0.15) is 29.5 Å². The Kier molecular flexibility index (Phi) is 5.18. The van der Waals surface area contributed by atoms with Gasteiger partial charge < -0.3 is 5.32 Å². The predicted molar refractivity (Wildman–Crippen MR) is 116 cm³/mol. The van der Waals surface area contributed by atoms with Crippen LogP contribution in [0.15, 0.2) is 41.3 Å². The van der Waals surface area contributed by atoms with Crippen molar-refractivity contribution in [1.82, 2.24) is 9.29 Å². The standard InChI is InChI=1S/C21H23N3O3S2/c1-13-6-9-16(10-7-13)29(26,27)24-12-4-5-17(24)20(25)23-21-22-19-15(3)14(2)8-11-18(19)28-21/h6-11,17H,4-5,12H2,1-3H3,(H,22,23,25). The lowest BCUT2D eigenvalue weighted by Crippen LogP contribution is -2.43. The molecule has 1 unspecified atom stereocenters. The van der Waals surface area contributed by atoms with Gasteiger partial charge in [-0.3, -0.25) is 4.79 Å². The minimum atomic E-state index is -3.72. The van der Waals surface area contributed by atoms with E-state index in [4.69, 9.17) is 0 Å². The van der Waals surface area contributed by atoms with Gasteiger partial charge in [-0.05, 0) is 62.9 Å². The van der Waals surface area contributed by atoms with Gasteiger partial charge in [-0.25, -0.2) is 13.4 Å². The van der Waals surface area contributed by atoms with Crippen LogP contribution in [0.4, 0.5) is 5.13 Å². The van der Waals surface area contributed by atoms with Crippen molar-refractivity contribution in [3.63, 3.8) is 0 Å². The zero-order valence-corrected chi connectivity index (χ0v) is 18.2. The number of carbonyl (C=O) groups excluding carboxylic acids is 1. The zero-order valence-electron chi connectivity index (χ0n) is 16.6. The molecule has 29 heavy (non-hydrogen) atoms. The van der Waals surface area contributed by atoms with Crippen LogP contribution >= 0.6 is 11.3 Å². The maximum absolute atomic E-state index is 13.1. The summed E-state index contributed by atoms with van der Waals surface area (Å²) in [7, 11) is -3.72. The van der Waals surface area contributed by atoms with Crippen LogP contribution in [-0.4, -0.2) is 36.2 Å². The van der Waals surface area contributed by atoms with Crippen molar-refractivity contribution in [3.8, 4) is 0 Å². The Labute approximate surface area is 174 Å². The molecule has 2 aromatic carbocycles. The Balaban J connectivity index is 1.58. The quantitative estimate of drug-likeness (QED) is 0.680. The molecule has 0 spiro atoms. The van der Waals surface area contributed by atoms with Crippen molar-refractivity contribution in [3.05, 3.63) is 53.1 Å². The fourth-order valence-corrected chi connectivity index (χ4v) is 6.19. The van der Waals surface area contributed by atoms with Crippen molar-refractivity contribution < 1.29 is 13.2 Å². The Hall–Kier alpha value is -2.29. The van der Waals surface area contributed by atoms with Crippen molar-refractivity contribution in [2.45, 2.75) is 44.6 Å². The first-order valence-electron chi connectivity index (χ1n) is 9.53. The number of amides is 1. The Bertz CT molecular complexity index is 1180. The minimum Gasteiger partial charge on any atom is -0.301 e. The molecule has 1 atom stereocenters. The van der Waals surface area contributed by atoms with Crippen LogP contribution < -0.4 is 5.32 Å². The molecule has 152 valence electrons. The molecule has 3 aromatic rings. The van der Waals surface area contributed by atoms with Gasteiger partial charge in [-0.1, -0.05) is 35.1 Å². The van der Waals surface area contributed by atoms with Crippen molar-refractivity contribution in [2.24, 2.45) is 0 Å². The van der Waals surface area contributed by atoms with Crippen LogP contribution in [0, 0.1) is 20.8 Å². The average Bonchev–Trinajstić information content (AvgIpc) is 3.33. The van der Waals surface area contributed by atoms with Crippen LogP contribution in [0.2, 0.25) is 0 Å². The molecule has 1 N–H and O–H groups in total. The molecule has 1 saturated heterocycles. The summed E-state index contributed by atoms with van der Waals surface area (Å²) >= 11 is 1.40. The van der Waals surface area contributed by atoms with Gasteiger partial charge in [0, 0.05) is 6.54 Å². The summed E-state index contributed by atoms with van der Waals surface area (Å²) in [5.41, 5.74) is 4.09. The number of sulfonamides is 1. The largest absolute Gasteiger partial charge is 0.301 e. The molecule has 1 aromatic heterocycles. The Morgan fingerprint density at radius 2 is 1.86 bits per heavy atom. The molecule has 2 heterocycles. The number of nitrogens with one attached hydrogen (secondary N) is 1. The average molecular weight is 430 g/mol. The van der Waals surface area contributed by atoms with Gasteiger partial charge in [0.1, 0.15) is 6.04 Å². The molecule has 0 aliphatic carbocycles. The van der Waals surface area contributed by atoms with E-state index in [1.54, 1.807) is 24.3 Å². The normalized spacial score (nSPS) is 17.7. The van der Waals surface area contributed by atoms with Gasteiger partial charge >= 0.3 is 0 Å². The second-order valence-corrected chi connectivity index (χ2v) is 10.4. The molecule has 6 nitrogen and oxygen atoms in total. The molecular formula is C21H23N3O3S2. The van der Waals surface area contributed by atoms with Gasteiger partial charge in [0.15, 0.2) is 5.13 Å². The maximum atomic E-state index is 13.1. The molecule has 0 saturated carbocycles. The number of aryl methyl sites for hydroxylation is 3. The van der Waals surface area contributed by atoms with E-state index in [1.807, 2.05) is 32.9 Å². The number of aromatic nitrogens is 1. The van der Waals surface area contributed by atoms with E-state index >= 15 is 0 Å². The summed E-state index contributed by atoms with van der Waals surface area (Å²) in [6, 6.07) is 10.0. The first-order valence-corrected chi connectivity index (χ1v) is 11.8. The maximum Gasteiger partial charge on any atom is 0.244 e. The SMILES string of the molecule is Cc1ccc(S(=O)(=O)N2CCCC2C(=O)Nc2nc3c(C)c(C)ccc3s2)cc1. The van der Waals surface area contributed by atoms with Crippen LogP contribution in [0.5, 0.6) is 0 Å². The van der Waals surface area contributed by atoms with Gasteiger partial charge in [0.25, 0.3) is 0 Å². The van der Waals surface area contributed by atoms with Crippen LogP contribution in [-0.2, 0) is 14.8 Å². The highest BCUT2D eigenvalue weighted by Crippen LogP contribution is 2.31. The van der Waals surface area contributed by atoms with Gasteiger partial charge in [0.2, 0.25) is 15.9 Å². The number of thiazole rings is 1. The molecule has 8 heteroatoms. The summed E-state index contributed by atoms with van der Waals surface area (Å²) < 4.78 is 28.5. The fourth-order valence-electron chi connectivity index (χ4n) is 3.60. The summed E-state index contributed by atoms with van der Waals surface area (Å²) in [6.45, 7) is 6.28. The highest BCUT2D eigenvalue weighted by Gasteiger charge is 2.39. The first-order chi connectivity index (χ1) is 13.8. The smallest absolute Gasteiger partial charge is 0.244 e. The third kappa shape index (κ3) is 3.68. The predicted octanol–water partition coefficient (Wildman–Crippen LogP) is 4.01. The third-order valence-electron chi connectivity index (χ3n) is 5.45. The van der Waals surface area contributed by atoms with E-state index in [1.165, 1.54) is 15.6 Å². The number of fused-ring (bicyclic) bond motifs is 1. The van der Waals surface area contributed by atoms with E-state index in [9.17, 15) is 13.2 Å². The summed E-state index contributed by atoms with van der Waals surface area (Å²) in [5.74, 6) is -0.327. The number of anilines is 1. The number of carbonyl (C=O) groups is 1. The van der Waals surface area contributed by atoms with Gasteiger partial charge in [-0.15, -0.1) is 0 Å². The third-order valence-corrected chi connectivity index (χ3v) is 8.31. The molecular weight excluding hydrogens is 406 g/mol. The second kappa shape index (κ2) is 7.51. The zero-order chi connectivity index (χ0) is 20.8. The summed E-state index contributed by atoms with van der Waals surface area (Å²) in [4.78, 5) is 17.7. The van der Waals surface area contributed by atoms with Crippen LogP contribution in [0.3, 0.4) is 0 Å². The van der Waals surface area contributed by atoms with E-state index in [0.29, 0.717) is 24.5 Å². The highest BCUT2D eigenvalue weighted by molar-refractivity contribution is 7.89. The van der Waals surface area contributed by atoms with Crippen molar-refractivity contribution in [1.29, 1.82) is 0 Å². The number of rotatable bonds is 4. The molecule has 0 radical (unpaired) electrons. The van der Waals surface area contributed by atoms with E-state index < -0.39 is 16.1 Å². The minimum absolute atomic E-state index is 0.217. The van der Waals surface area contributed by atoms with Gasteiger partial charge in [-0.2, -0.15) is 4.31 Å². The van der Waals surface area contributed by atoms with Gasteiger partial charge in [0.05, 0.1) is 15.1 Å². The Morgan fingerprint density at radius 1 is 1.14 bits per heavy atom. The number of nitrogens with zero attached hydrogens (tertiary/aromatic N) is 2. The Morgan fingerprint density at radius 3 is 2.59 bits per heavy atom. The number of benzene rings is 2. The molecule has 1 aliphatic heterocycles.